The van der Waals surface area contributed by atoms with Crippen LogP contribution in [0.15, 0.2) is 48.7 Å². The molecule has 0 aliphatic rings. The fourth-order valence-electron chi connectivity index (χ4n) is 2.50. The average Bonchev–Trinajstić information content (AvgIpc) is 2.97. The normalized spacial score (nSPS) is 10.2. The van der Waals surface area contributed by atoms with Crippen LogP contribution in [-0.4, -0.2) is 10.8 Å². The Balaban J connectivity index is 2.02. The molecule has 0 aliphatic carbocycles. The molecule has 2 aromatic heterocycles. The molecule has 6 heteroatoms. The Hall–Kier alpha value is -3.17. The number of ketones is 1. The number of nitrogens with one attached hydrogen (secondary N) is 1. The lowest BCUT2D eigenvalue weighted by molar-refractivity contribution is 0.103. The summed E-state index contributed by atoms with van der Waals surface area (Å²) >= 11 is 1.18. The molecule has 0 unspecified atom stereocenters. The smallest absolute Gasteiger partial charge is 0.223 e. The maximum atomic E-state index is 12.7. The molecule has 0 saturated heterocycles. The Morgan fingerprint density at radius 1 is 1.28 bits per heavy atom. The van der Waals surface area contributed by atoms with E-state index in [1.54, 1.807) is 24.4 Å². The van der Waals surface area contributed by atoms with Crippen molar-refractivity contribution in [2.45, 2.75) is 13.3 Å². The first-order valence-corrected chi connectivity index (χ1v) is 8.60. The highest BCUT2D eigenvalue weighted by Gasteiger charge is 2.23. The second kappa shape index (κ2) is 7.16. The molecule has 0 saturated carbocycles. The first-order chi connectivity index (χ1) is 12.2. The minimum atomic E-state index is -0.281. The van der Waals surface area contributed by atoms with E-state index < -0.39 is 0 Å². The first-order valence-electron chi connectivity index (χ1n) is 7.78. The molecule has 3 rings (SSSR count). The summed E-state index contributed by atoms with van der Waals surface area (Å²) in [5.41, 5.74) is 8.89. The Morgan fingerprint density at radius 3 is 2.72 bits per heavy atom. The number of carbonyl (C=O) groups excluding carboxylic acids is 1. The van der Waals surface area contributed by atoms with Crippen molar-refractivity contribution in [3.8, 4) is 6.07 Å². The molecule has 0 radical (unpaired) electrons. The van der Waals surface area contributed by atoms with E-state index in [0.717, 1.165) is 17.7 Å². The van der Waals surface area contributed by atoms with Crippen LogP contribution in [0, 0.1) is 11.3 Å². The quantitative estimate of drug-likeness (QED) is 0.676. The fraction of sp³-hybridized carbons (Fsp3) is 0.105. The van der Waals surface area contributed by atoms with Crippen LogP contribution < -0.4 is 11.1 Å². The number of hydrogen-bond donors (Lipinski definition) is 2. The van der Waals surface area contributed by atoms with Crippen molar-refractivity contribution in [3.05, 3.63) is 70.4 Å². The van der Waals surface area contributed by atoms with Crippen LogP contribution in [0.1, 0.15) is 33.4 Å². The fourth-order valence-corrected chi connectivity index (χ4v) is 3.53. The van der Waals surface area contributed by atoms with Crippen LogP contribution in [0.5, 0.6) is 0 Å². The summed E-state index contributed by atoms with van der Waals surface area (Å²) in [6.45, 7) is 2.06. The van der Waals surface area contributed by atoms with Gasteiger partial charge in [0.2, 0.25) is 5.78 Å². The molecule has 0 atom stereocenters. The second-order valence-corrected chi connectivity index (χ2v) is 6.36. The molecule has 3 N–H and O–H groups in total. The molecule has 1 aromatic carbocycles. The Kier molecular flexibility index (Phi) is 4.78. The molecular weight excluding hydrogens is 332 g/mol. The van der Waals surface area contributed by atoms with Crippen LogP contribution >= 0.6 is 11.3 Å². The molecule has 0 spiro atoms. The summed E-state index contributed by atoms with van der Waals surface area (Å²) in [6, 6.07) is 15.1. The van der Waals surface area contributed by atoms with Gasteiger partial charge in [-0.3, -0.25) is 9.78 Å². The highest BCUT2D eigenvalue weighted by atomic mass is 32.1. The average molecular weight is 348 g/mol. The van der Waals surface area contributed by atoms with Gasteiger partial charge in [0.25, 0.3) is 0 Å². The van der Waals surface area contributed by atoms with Crippen LogP contribution in [0.2, 0.25) is 0 Å². The number of rotatable bonds is 5. The maximum absolute atomic E-state index is 12.7. The molecule has 2 heterocycles. The number of nitrogens with two attached hydrogens (primary N) is 1. The van der Waals surface area contributed by atoms with E-state index in [2.05, 4.69) is 23.3 Å². The molecular formula is C19H16N4OS. The van der Waals surface area contributed by atoms with Crippen LogP contribution in [0.4, 0.5) is 16.4 Å². The minimum Gasteiger partial charge on any atom is -0.396 e. The third kappa shape index (κ3) is 3.23. The van der Waals surface area contributed by atoms with Crippen molar-refractivity contribution in [2.24, 2.45) is 0 Å². The number of anilines is 3. The summed E-state index contributed by atoms with van der Waals surface area (Å²) < 4.78 is 0. The number of nitriles is 1. The van der Waals surface area contributed by atoms with Gasteiger partial charge >= 0.3 is 0 Å². The lowest BCUT2D eigenvalue weighted by Gasteiger charge is -2.09. The van der Waals surface area contributed by atoms with Gasteiger partial charge in [-0.1, -0.05) is 31.2 Å². The van der Waals surface area contributed by atoms with Gasteiger partial charge in [-0.15, -0.1) is 11.3 Å². The van der Waals surface area contributed by atoms with Crippen molar-refractivity contribution < 1.29 is 4.79 Å². The maximum Gasteiger partial charge on any atom is 0.223 e. The zero-order valence-corrected chi connectivity index (χ0v) is 14.4. The first kappa shape index (κ1) is 16.7. The van der Waals surface area contributed by atoms with Crippen LogP contribution in [0.3, 0.4) is 0 Å². The summed E-state index contributed by atoms with van der Waals surface area (Å²) in [7, 11) is 0. The molecule has 0 aliphatic heterocycles. The lowest BCUT2D eigenvalue weighted by Crippen LogP contribution is -2.04. The summed E-state index contributed by atoms with van der Waals surface area (Å²) in [5.74, 6) is -0.281. The van der Waals surface area contributed by atoms with Gasteiger partial charge in [0.1, 0.15) is 27.2 Å². The van der Waals surface area contributed by atoms with E-state index in [0.29, 0.717) is 15.6 Å². The summed E-state index contributed by atoms with van der Waals surface area (Å²) in [5, 5.41) is 13.3. The van der Waals surface area contributed by atoms with E-state index in [4.69, 9.17) is 5.73 Å². The molecule has 0 fully saturated rings. The highest BCUT2D eigenvalue weighted by molar-refractivity contribution is 7.19. The number of pyridine rings is 1. The van der Waals surface area contributed by atoms with E-state index in [1.807, 2.05) is 24.3 Å². The SMILES string of the molecule is CCc1ccccc1Nc1sc(C(=O)c2ccccn2)c(N)c1C#N. The molecule has 25 heavy (non-hydrogen) atoms. The Morgan fingerprint density at radius 2 is 2.04 bits per heavy atom. The van der Waals surface area contributed by atoms with Crippen LogP contribution in [-0.2, 0) is 6.42 Å². The van der Waals surface area contributed by atoms with Crippen LogP contribution in [0.25, 0.3) is 0 Å². The Labute approximate surface area is 149 Å². The number of thiophene rings is 1. The summed E-state index contributed by atoms with van der Waals surface area (Å²) in [6.07, 6.45) is 2.41. The molecule has 124 valence electrons. The van der Waals surface area contributed by atoms with E-state index in [9.17, 15) is 10.1 Å². The lowest BCUT2D eigenvalue weighted by atomic mass is 10.1. The molecule has 5 nitrogen and oxygen atoms in total. The monoisotopic (exact) mass is 348 g/mol. The number of para-hydroxylation sites is 1. The number of nitrogen functional groups attached to an aromatic ring is 1. The predicted molar refractivity (Wildman–Crippen MR) is 100 cm³/mol. The largest absolute Gasteiger partial charge is 0.396 e. The van der Waals surface area contributed by atoms with Gasteiger partial charge in [0.05, 0.1) is 5.69 Å². The number of nitrogens with zero attached hydrogens (tertiary/aromatic N) is 2. The van der Waals surface area contributed by atoms with Gasteiger partial charge in [0, 0.05) is 11.9 Å². The number of aromatic nitrogens is 1. The zero-order valence-electron chi connectivity index (χ0n) is 13.6. The van der Waals surface area contributed by atoms with Gasteiger partial charge in [-0.25, -0.2) is 0 Å². The Bertz CT molecular complexity index is 957. The number of hydrogen-bond acceptors (Lipinski definition) is 6. The molecule has 3 aromatic rings. The standard InChI is InChI=1S/C19H16N4OS/c1-2-12-7-3-4-8-14(12)23-19-13(11-20)16(21)18(25-19)17(24)15-9-5-6-10-22-15/h3-10,23H,2,21H2,1H3. The second-order valence-electron chi connectivity index (χ2n) is 5.34. The minimum absolute atomic E-state index is 0.194. The third-order valence-electron chi connectivity index (χ3n) is 3.81. The van der Waals surface area contributed by atoms with Crippen molar-refractivity contribution in [1.82, 2.24) is 4.98 Å². The van der Waals surface area contributed by atoms with E-state index in [1.165, 1.54) is 11.3 Å². The van der Waals surface area contributed by atoms with Crippen molar-refractivity contribution >= 4 is 33.5 Å². The number of carbonyl (C=O) groups is 1. The van der Waals surface area contributed by atoms with Crippen molar-refractivity contribution in [3.63, 3.8) is 0 Å². The topological polar surface area (TPSA) is 91.8 Å². The zero-order chi connectivity index (χ0) is 17.8. The summed E-state index contributed by atoms with van der Waals surface area (Å²) in [4.78, 5) is 17.1. The highest BCUT2D eigenvalue weighted by Crippen LogP contribution is 2.38. The van der Waals surface area contributed by atoms with E-state index in [-0.39, 0.29) is 17.0 Å². The van der Waals surface area contributed by atoms with Gasteiger partial charge in [-0.05, 0) is 30.2 Å². The van der Waals surface area contributed by atoms with Gasteiger partial charge in [0.15, 0.2) is 0 Å². The van der Waals surface area contributed by atoms with Gasteiger partial charge in [-0.2, -0.15) is 5.26 Å². The number of aryl methyl sites for hydroxylation is 1. The van der Waals surface area contributed by atoms with Crippen molar-refractivity contribution in [1.29, 1.82) is 5.26 Å². The third-order valence-corrected chi connectivity index (χ3v) is 4.93. The predicted octanol–water partition coefficient (Wildman–Crippen LogP) is 4.13. The van der Waals surface area contributed by atoms with Crippen molar-refractivity contribution in [2.75, 3.05) is 11.1 Å². The molecule has 0 bridgehead atoms. The number of benzene rings is 1. The van der Waals surface area contributed by atoms with E-state index >= 15 is 0 Å². The van der Waals surface area contributed by atoms with Gasteiger partial charge < -0.3 is 11.1 Å². The molecule has 0 amide bonds.